The molecule has 0 bridgehead atoms. The van der Waals surface area contributed by atoms with E-state index in [1.807, 2.05) is 18.2 Å². The first-order chi connectivity index (χ1) is 9.59. The summed E-state index contributed by atoms with van der Waals surface area (Å²) in [6.45, 7) is 0. The number of rotatable bonds is 1. The summed E-state index contributed by atoms with van der Waals surface area (Å²) in [6, 6.07) is 14.1. The van der Waals surface area contributed by atoms with Gasteiger partial charge in [-0.2, -0.15) is 0 Å². The summed E-state index contributed by atoms with van der Waals surface area (Å²) in [5.41, 5.74) is 1.37. The average Bonchev–Trinajstić information content (AvgIpc) is 2.47. The fraction of sp³-hybridized carbons (Fsp3) is 0.0667. The number of aryl methyl sites for hydroxylation is 1. The molecule has 0 radical (unpaired) electrons. The van der Waals surface area contributed by atoms with Crippen LogP contribution >= 0.6 is 11.6 Å². The maximum absolute atomic E-state index is 10.4. The predicted molar refractivity (Wildman–Crippen MR) is 75.0 cm³/mol. The molecule has 2 aromatic carbocycles. The Bertz CT molecular complexity index is 801. The molecule has 4 nitrogen and oxygen atoms in total. The molecule has 2 N–H and O–H groups in total. The first kappa shape index (κ1) is 12.7. The van der Waals surface area contributed by atoms with Gasteiger partial charge in [-0.15, -0.1) is 4.57 Å². The molecule has 0 fully saturated rings. The van der Waals surface area contributed by atoms with E-state index in [2.05, 4.69) is 0 Å². The van der Waals surface area contributed by atoms with Gasteiger partial charge in [0.05, 0.1) is 0 Å². The van der Waals surface area contributed by atoms with Crippen molar-refractivity contribution >= 4 is 22.5 Å². The van der Waals surface area contributed by atoms with Crippen molar-refractivity contribution in [2.75, 3.05) is 0 Å². The van der Waals surface area contributed by atoms with E-state index < -0.39 is 0 Å². The van der Waals surface area contributed by atoms with Gasteiger partial charge in [-0.05, 0) is 22.8 Å². The Morgan fingerprint density at radius 1 is 0.950 bits per heavy atom. The maximum atomic E-state index is 10.4. The van der Waals surface area contributed by atoms with E-state index in [-0.39, 0.29) is 11.9 Å². The minimum absolute atomic E-state index is 0.0153. The second-order valence-corrected chi connectivity index (χ2v) is 4.95. The van der Waals surface area contributed by atoms with E-state index >= 15 is 0 Å². The standard InChI is InChI=1S/C15H11ClN2O2/c1-17-13-5-3-2-4-12(13)14(19)18(15(17)20)11-8-6-10(16)7-9-11/h2-9H,1H3/p+2. The second kappa shape index (κ2) is 4.65. The van der Waals surface area contributed by atoms with Crippen molar-refractivity contribution in [1.29, 1.82) is 0 Å². The zero-order valence-electron chi connectivity index (χ0n) is 10.8. The maximum Gasteiger partial charge on any atom is 0.637 e. The first-order valence-corrected chi connectivity index (χ1v) is 6.48. The number of hydrogen-bond donors (Lipinski definition) is 2. The van der Waals surface area contributed by atoms with Crippen molar-refractivity contribution in [2.24, 2.45) is 7.05 Å². The number of hydrogen-bond acceptors (Lipinski definition) is 2. The highest BCUT2D eigenvalue weighted by Crippen LogP contribution is 2.22. The highest BCUT2D eigenvalue weighted by molar-refractivity contribution is 6.30. The van der Waals surface area contributed by atoms with E-state index in [9.17, 15) is 10.2 Å². The van der Waals surface area contributed by atoms with Crippen LogP contribution in [-0.2, 0) is 7.05 Å². The van der Waals surface area contributed by atoms with Gasteiger partial charge >= 0.3 is 11.9 Å². The van der Waals surface area contributed by atoms with Gasteiger partial charge in [0.25, 0.3) is 0 Å². The SMILES string of the molecule is C[n+]1c(O)[n+](-c2ccc(Cl)cc2)c(O)c2ccccc21. The van der Waals surface area contributed by atoms with Gasteiger partial charge in [0.2, 0.25) is 11.2 Å². The minimum atomic E-state index is -0.0662. The molecule has 1 aromatic heterocycles. The Balaban J connectivity index is 2.39. The van der Waals surface area contributed by atoms with Crippen LogP contribution in [0.4, 0.5) is 0 Å². The lowest BCUT2D eigenvalue weighted by molar-refractivity contribution is -0.768. The lowest BCUT2D eigenvalue weighted by Crippen LogP contribution is -2.44. The van der Waals surface area contributed by atoms with Gasteiger partial charge in [0.15, 0.2) is 5.39 Å². The third-order valence-corrected chi connectivity index (χ3v) is 3.55. The van der Waals surface area contributed by atoms with Gasteiger partial charge in [-0.3, -0.25) is 0 Å². The lowest BCUT2D eigenvalue weighted by atomic mass is 10.2. The summed E-state index contributed by atoms with van der Waals surface area (Å²) in [5.74, 6) is -0.0153. The summed E-state index contributed by atoms with van der Waals surface area (Å²) in [4.78, 5) is 0. The molecule has 0 aliphatic rings. The molecule has 3 aromatic rings. The number of halogens is 1. The summed E-state index contributed by atoms with van der Waals surface area (Å²) in [6.07, 6.45) is 0. The highest BCUT2D eigenvalue weighted by atomic mass is 35.5. The number of benzene rings is 2. The van der Waals surface area contributed by atoms with Gasteiger partial charge in [-0.1, -0.05) is 23.7 Å². The van der Waals surface area contributed by atoms with Gasteiger partial charge < -0.3 is 10.2 Å². The quantitative estimate of drug-likeness (QED) is 0.673. The molecule has 20 heavy (non-hydrogen) atoms. The normalized spacial score (nSPS) is 10.9. The largest absolute Gasteiger partial charge is 0.637 e. The summed E-state index contributed by atoms with van der Waals surface area (Å²) >= 11 is 5.87. The Morgan fingerprint density at radius 2 is 1.60 bits per heavy atom. The Kier molecular flexibility index (Phi) is 2.95. The molecule has 100 valence electrons. The van der Waals surface area contributed by atoms with Crippen molar-refractivity contribution in [3.05, 3.63) is 53.6 Å². The van der Waals surface area contributed by atoms with Crippen LogP contribution in [0.25, 0.3) is 16.6 Å². The molecule has 0 aliphatic heterocycles. The monoisotopic (exact) mass is 288 g/mol. The van der Waals surface area contributed by atoms with E-state index in [0.29, 0.717) is 16.1 Å². The number of aromatic hydroxyl groups is 2. The van der Waals surface area contributed by atoms with Crippen molar-refractivity contribution in [3.63, 3.8) is 0 Å². The van der Waals surface area contributed by atoms with Crippen LogP contribution in [0.1, 0.15) is 0 Å². The molecule has 1 heterocycles. The molecular formula is C15H13ClN2O2+2. The molecule has 0 amide bonds. The number of fused-ring (bicyclic) bond motifs is 1. The van der Waals surface area contributed by atoms with Crippen molar-refractivity contribution in [2.45, 2.75) is 0 Å². The molecule has 5 heteroatoms. The van der Waals surface area contributed by atoms with Crippen LogP contribution in [0.5, 0.6) is 11.9 Å². The van der Waals surface area contributed by atoms with Crippen LogP contribution in [0.3, 0.4) is 0 Å². The lowest BCUT2D eigenvalue weighted by Gasteiger charge is -2.02. The Morgan fingerprint density at radius 3 is 2.30 bits per heavy atom. The van der Waals surface area contributed by atoms with Crippen LogP contribution in [0.2, 0.25) is 5.02 Å². The molecule has 0 saturated carbocycles. The zero-order chi connectivity index (χ0) is 14.3. The highest BCUT2D eigenvalue weighted by Gasteiger charge is 2.32. The molecule has 0 unspecified atom stereocenters. The smallest absolute Gasteiger partial charge is 0.459 e. The molecule has 0 atom stereocenters. The van der Waals surface area contributed by atoms with Gasteiger partial charge in [0, 0.05) is 23.2 Å². The number of aromatic nitrogens is 2. The third kappa shape index (κ3) is 1.85. The van der Waals surface area contributed by atoms with E-state index in [0.717, 1.165) is 5.52 Å². The third-order valence-electron chi connectivity index (χ3n) is 3.30. The molecule has 0 spiro atoms. The Hall–Kier alpha value is -2.33. The zero-order valence-corrected chi connectivity index (χ0v) is 11.5. The van der Waals surface area contributed by atoms with Crippen molar-refractivity contribution in [3.8, 4) is 17.6 Å². The fourth-order valence-corrected chi connectivity index (χ4v) is 2.38. The minimum Gasteiger partial charge on any atom is -0.459 e. The van der Waals surface area contributed by atoms with E-state index in [4.69, 9.17) is 11.6 Å². The summed E-state index contributed by atoms with van der Waals surface area (Å²) in [5, 5.41) is 22.0. The van der Waals surface area contributed by atoms with Crippen LogP contribution in [0.15, 0.2) is 48.5 Å². The fourth-order valence-electron chi connectivity index (χ4n) is 2.26. The topological polar surface area (TPSA) is 48.2 Å². The Labute approximate surface area is 120 Å². The second-order valence-electron chi connectivity index (χ2n) is 4.51. The summed E-state index contributed by atoms with van der Waals surface area (Å²) in [7, 11) is 1.74. The predicted octanol–water partition coefficient (Wildman–Crippen LogP) is 2.01. The molecule has 0 saturated heterocycles. The molecular weight excluding hydrogens is 276 g/mol. The first-order valence-electron chi connectivity index (χ1n) is 6.10. The van der Waals surface area contributed by atoms with Gasteiger partial charge in [0.1, 0.15) is 7.05 Å². The molecule has 3 rings (SSSR count). The van der Waals surface area contributed by atoms with Crippen LogP contribution in [-0.4, -0.2) is 10.2 Å². The van der Waals surface area contributed by atoms with Crippen LogP contribution < -0.4 is 9.13 Å². The van der Waals surface area contributed by atoms with E-state index in [1.165, 1.54) is 4.57 Å². The number of para-hydroxylation sites is 1. The summed E-state index contributed by atoms with van der Waals surface area (Å²) < 4.78 is 2.99. The number of nitrogens with zero attached hydrogens (tertiary/aromatic N) is 2. The van der Waals surface area contributed by atoms with Crippen LogP contribution in [0, 0.1) is 0 Å². The van der Waals surface area contributed by atoms with Gasteiger partial charge in [-0.25, -0.2) is 0 Å². The van der Waals surface area contributed by atoms with Crippen molar-refractivity contribution in [1.82, 2.24) is 0 Å². The average molecular weight is 289 g/mol. The van der Waals surface area contributed by atoms with E-state index in [1.54, 1.807) is 41.9 Å². The molecule has 0 aliphatic carbocycles. The van der Waals surface area contributed by atoms with Crippen molar-refractivity contribution < 1.29 is 19.3 Å².